The number of hydrogen-bond donors (Lipinski definition) is 0. The van der Waals surface area contributed by atoms with E-state index in [9.17, 15) is 23.2 Å². The van der Waals surface area contributed by atoms with Gasteiger partial charge in [-0.2, -0.15) is 18.4 Å². The van der Waals surface area contributed by atoms with E-state index in [1.54, 1.807) is 17.9 Å². The monoisotopic (exact) mass is 408 g/mol. The van der Waals surface area contributed by atoms with Gasteiger partial charge in [-0.25, -0.2) is 4.98 Å². The van der Waals surface area contributed by atoms with Crippen LogP contribution in [0.5, 0.6) is 0 Å². The fourth-order valence-corrected chi connectivity index (χ4v) is 4.60. The number of pyridine rings is 1. The number of fused-ring (bicyclic) bond motifs is 1. The summed E-state index contributed by atoms with van der Waals surface area (Å²) in [5, 5.41) is 9.41. The second-order valence-corrected chi connectivity index (χ2v) is 8.07. The highest BCUT2D eigenvalue weighted by Gasteiger charge is 2.56. The molecular weight excluding hydrogens is 385 g/mol. The van der Waals surface area contributed by atoms with E-state index in [0.29, 0.717) is 32.7 Å². The number of esters is 1. The summed E-state index contributed by atoms with van der Waals surface area (Å²) in [7, 11) is 0. The molecule has 4 atom stereocenters. The minimum Gasteiger partial charge on any atom is -0.466 e. The third kappa shape index (κ3) is 3.49. The lowest BCUT2D eigenvalue weighted by Crippen LogP contribution is -2.47. The van der Waals surface area contributed by atoms with E-state index in [1.165, 1.54) is 0 Å². The molecule has 0 amide bonds. The predicted octanol–water partition coefficient (Wildman–Crippen LogP) is 3.21. The van der Waals surface area contributed by atoms with Gasteiger partial charge in [-0.05, 0) is 44.1 Å². The van der Waals surface area contributed by atoms with Gasteiger partial charge < -0.3 is 14.5 Å². The summed E-state index contributed by atoms with van der Waals surface area (Å²) in [6.07, 6.45) is -3.40. The van der Waals surface area contributed by atoms with E-state index in [2.05, 4.69) is 4.98 Å². The zero-order chi connectivity index (χ0) is 20.9. The number of nitrogens with zero attached hydrogens (tertiary/aromatic N) is 4. The van der Waals surface area contributed by atoms with Gasteiger partial charge in [0, 0.05) is 32.1 Å². The lowest BCUT2D eigenvalue weighted by molar-refractivity contribution is -0.143. The summed E-state index contributed by atoms with van der Waals surface area (Å²) in [5.74, 6) is 0.950. The average molecular weight is 408 g/mol. The van der Waals surface area contributed by atoms with Crippen molar-refractivity contribution in [3.63, 3.8) is 0 Å². The van der Waals surface area contributed by atoms with Crippen molar-refractivity contribution in [1.29, 1.82) is 5.26 Å². The number of piperidine rings is 1. The van der Waals surface area contributed by atoms with Gasteiger partial charge >= 0.3 is 12.1 Å². The van der Waals surface area contributed by atoms with Crippen LogP contribution in [0.1, 0.15) is 37.8 Å². The van der Waals surface area contributed by atoms with Gasteiger partial charge in [0.2, 0.25) is 0 Å². The number of hydrogen-bond acceptors (Lipinski definition) is 6. The maximum Gasteiger partial charge on any atom is 0.417 e. The third-order valence-corrected chi connectivity index (χ3v) is 6.40. The quantitative estimate of drug-likeness (QED) is 0.697. The number of ether oxygens (including phenoxy) is 1. The molecule has 0 bridgehead atoms. The first-order valence-electron chi connectivity index (χ1n) is 9.94. The molecule has 2 aliphatic heterocycles. The van der Waals surface area contributed by atoms with Crippen LogP contribution in [0.2, 0.25) is 0 Å². The van der Waals surface area contributed by atoms with Crippen molar-refractivity contribution in [1.82, 2.24) is 4.98 Å². The van der Waals surface area contributed by atoms with Crippen molar-refractivity contribution in [2.24, 2.45) is 17.8 Å². The highest BCUT2D eigenvalue weighted by molar-refractivity contribution is 5.70. The number of alkyl halides is 3. The molecule has 1 aromatic heterocycles. The van der Waals surface area contributed by atoms with Crippen LogP contribution >= 0.6 is 0 Å². The highest BCUT2D eigenvalue weighted by Crippen LogP contribution is 2.54. The summed E-state index contributed by atoms with van der Waals surface area (Å²) in [6, 6.07) is 2.78. The Bertz CT molecular complexity index is 855. The van der Waals surface area contributed by atoms with Gasteiger partial charge in [0.15, 0.2) is 0 Å². The Balaban J connectivity index is 1.57. The van der Waals surface area contributed by atoms with Gasteiger partial charge in [0.1, 0.15) is 23.3 Å². The maximum atomic E-state index is 13.7. The van der Waals surface area contributed by atoms with E-state index < -0.39 is 17.3 Å². The molecule has 2 saturated heterocycles. The van der Waals surface area contributed by atoms with E-state index in [-0.39, 0.29) is 41.4 Å². The zero-order valence-electron chi connectivity index (χ0n) is 16.4. The van der Waals surface area contributed by atoms with Gasteiger partial charge in [-0.15, -0.1) is 0 Å². The Morgan fingerprint density at radius 3 is 2.55 bits per heavy atom. The molecule has 0 radical (unpaired) electrons. The average Bonchev–Trinajstić information content (AvgIpc) is 3.08. The zero-order valence-corrected chi connectivity index (χ0v) is 16.4. The molecule has 29 heavy (non-hydrogen) atoms. The Morgan fingerprint density at radius 1 is 1.38 bits per heavy atom. The van der Waals surface area contributed by atoms with Crippen molar-refractivity contribution in [3.8, 4) is 6.07 Å². The SMILES string of the molecule is CCOC(=O)CC1[C@H]2CN(c3cc(C(F)(F)F)c(C#N)c(N4CCC4C)n3)C[C@@H]12. The van der Waals surface area contributed by atoms with Crippen molar-refractivity contribution in [2.75, 3.05) is 36.0 Å². The molecule has 6 nitrogen and oxygen atoms in total. The first-order chi connectivity index (χ1) is 13.7. The number of carbonyl (C=O) groups excluding carboxylic acids is 1. The first kappa shape index (κ1) is 19.8. The van der Waals surface area contributed by atoms with Gasteiger partial charge in [-0.1, -0.05) is 0 Å². The number of carbonyl (C=O) groups is 1. The Labute approximate surface area is 167 Å². The van der Waals surface area contributed by atoms with E-state index in [0.717, 1.165) is 12.5 Å². The van der Waals surface area contributed by atoms with Gasteiger partial charge in [0.05, 0.1) is 12.2 Å². The molecule has 1 aromatic rings. The normalized spacial score (nSPS) is 27.9. The molecule has 4 rings (SSSR count). The van der Waals surface area contributed by atoms with Gasteiger partial charge in [0.25, 0.3) is 0 Å². The molecule has 0 spiro atoms. The minimum absolute atomic E-state index is 0.0619. The predicted molar refractivity (Wildman–Crippen MR) is 99.3 cm³/mol. The molecule has 3 heterocycles. The third-order valence-electron chi connectivity index (χ3n) is 6.40. The molecule has 3 aliphatic rings. The summed E-state index contributed by atoms with van der Waals surface area (Å²) < 4.78 is 46.0. The van der Waals surface area contributed by atoms with E-state index in [1.807, 2.05) is 11.8 Å². The Hall–Kier alpha value is -2.50. The number of rotatable bonds is 5. The first-order valence-corrected chi connectivity index (χ1v) is 9.94. The molecule has 156 valence electrons. The van der Waals surface area contributed by atoms with Crippen LogP contribution in [0.3, 0.4) is 0 Å². The highest BCUT2D eigenvalue weighted by atomic mass is 19.4. The molecule has 2 unspecified atom stereocenters. The summed E-state index contributed by atoms with van der Waals surface area (Å²) in [5.41, 5.74) is -1.33. The molecule has 0 aromatic carbocycles. The van der Waals surface area contributed by atoms with E-state index >= 15 is 0 Å². The largest absolute Gasteiger partial charge is 0.466 e. The number of nitriles is 1. The summed E-state index contributed by atoms with van der Waals surface area (Å²) in [6.45, 7) is 5.76. The fourth-order valence-electron chi connectivity index (χ4n) is 4.60. The van der Waals surface area contributed by atoms with E-state index in [4.69, 9.17) is 4.74 Å². The second-order valence-electron chi connectivity index (χ2n) is 8.07. The second kappa shape index (κ2) is 7.08. The van der Waals surface area contributed by atoms with Crippen LogP contribution < -0.4 is 9.80 Å². The van der Waals surface area contributed by atoms with Gasteiger partial charge in [-0.3, -0.25) is 4.79 Å². The molecule has 3 fully saturated rings. The molecule has 1 saturated carbocycles. The number of halogens is 3. The number of anilines is 2. The standard InChI is InChI=1S/C20H23F3N4O2/c1-3-29-18(28)6-12-14-9-26(10-15(12)14)17-7-16(20(21,22)23)13(8-24)19(25-17)27-5-4-11(27)2/h7,11-12,14-15H,3-6,9-10H2,1-2H3/t11?,12?,14-,15+. The van der Waals surface area contributed by atoms with Crippen LogP contribution in [0.25, 0.3) is 0 Å². The molecular formula is C20H23F3N4O2. The Morgan fingerprint density at radius 2 is 2.07 bits per heavy atom. The molecule has 0 N–H and O–H groups in total. The fraction of sp³-hybridized carbons (Fsp3) is 0.650. The maximum absolute atomic E-state index is 13.7. The summed E-state index contributed by atoms with van der Waals surface area (Å²) in [4.78, 5) is 19.8. The summed E-state index contributed by atoms with van der Waals surface area (Å²) >= 11 is 0. The lowest BCUT2D eigenvalue weighted by Gasteiger charge is -2.41. The smallest absolute Gasteiger partial charge is 0.417 e. The molecule has 9 heteroatoms. The van der Waals surface area contributed by atoms with Crippen molar-refractivity contribution < 1.29 is 22.7 Å². The van der Waals surface area contributed by atoms with Crippen molar-refractivity contribution >= 4 is 17.6 Å². The molecule has 1 aliphatic carbocycles. The lowest BCUT2D eigenvalue weighted by atomic mass is 10.0. The van der Waals surface area contributed by atoms with Crippen molar-refractivity contribution in [3.05, 3.63) is 17.2 Å². The topological polar surface area (TPSA) is 69.5 Å². The minimum atomic E-state index is -4.62. The number of aromatic nitrogens is 1. The van der Waals surface area contributed by atoms with Crippen LogP contribution in [0, 0.1) is 29.1 Å². The Kier molecular flexibility index (Phi) is 4.83. The van der Waals surface area contributed by atoms with Crippen LogP contribution in [0.15, 0.2) is 6.07 Å². The van der Waals surface area contributed by atoms with Crippen LogP contribution in [0.4, 0.5) is 24.8 Å². The van der Waals surface area contributed by atoms with Crippen LogP contribution in [-0.2, 0) is 15.7 Å². The van der Waals surface area contributed by atoms with Crippen LogP contribution in [-0.4, -0.2) is 43.2 Å². The van der Waals surface area contributed by atoms with Crippen molar-refractivity contribution in [2.45, 2.75) is 38.9 Å².